The maximum Gasteiger partial charge on any atom is 0.242 e. The molecule has 0 radical (unpaired) electrons. The van der Waals surface area contributed by atoms with Gasteiger partial charge in [-0.05, 0) is 44.8 Å². The maximum atomic E-state index is 12.2. The van der Waals surface area contributed by atoms with Crippen molar-refractivity contribution in [1.82, 2.24) is 20.5 Å². The Labute approximate surface area is 148 Å². The minimum absolute atomic E-state index is 0.0524. The molecule has 0 aromatic rings. The lowest BCUT2D eigenvalue weighted by Crippen LogP contribution is -2.52. The van der Waals surface area contributed by atoms with E-state index in [4.69, 9.17) is 17.0 Å². The fourth-order valence-corrected chi connectivity index (χ4v) is 4.18. The number of hydrogen-bond acceptors (Lipinski definition) is 5. The molecule has 24 heavy (non-hydrogen) atoms. The second-order valence-corrected chi connectivity index (χ2v) is 8.72. The summed E-state index contributed by atoms with van der Waals surface area (Å²) in [5.74, 6) is -0.558. The number of nitrogens with one attached hydrogen (secondary N) is 3. The maximum absolute atomic E-state index is 12.2. The quantitative estimate of drug-likeness (QED) is 0.447. The highest BCUT2D eigenvalue weighted by molar-refractivity contribution is 7.89. The van der Waals surface area contributed by atoms with Crippen LogP contribution in [0.5, 0.6) is 0 Å². The van der Waals surface area contributed by atoms with Gasteiger partial charge in [0.25, 0.3) is 0 Å². The Bertz CT molecular complexity index is 549. The second-order valence-electron chi connectivity index (χ2n) is 6.06. The van der Waals surface area contributed by atoms with Crippen molar-refractivity contribution in [3.8, 4) is 0 Å². The van der Waals surface area contributed by atoms with Crippen LogP contribution in [0.2, 0.25) is 0 Å². The summed E-state index contributed by atoms with van der Waals surface area (Å²) in [4.78, 5) is 12.2. The Balaban J connectivity index is 1.72. The van der Waals surface area contributed by atoms with Crippen LogP contribution in [0.15, 0.2) is 0 Å². The van der Waals surface area contributed by atoms with Crippen molar-refractivity contribution >= 4 is 33.3 Å². The molecule has 0 aromatic carbocycles. The number of ether oxygens (including phenoxy) is 1. The molecule has 2 aliphatic heterocycles. The minimum Gasteiger partial charge on any atom is -0.376 e. The highest BCUT2D eigenvalue weighted by Gasteiger charge is 2.31. The first-order chi connectivity index (χ1) is 11.4. The summed E-state index contributed by atoms with van der Waals surface area (Å²) in [6, 6.07) is 0. The minimum atomic E-state index is -3.26. The molecule has 2 atom stereocenters. The largest absolute Gasteiger partial charge is 0.376 e. The van der Waals surface area contributed by atoms with E-state index in [1.165, 1.54) is 4.31 Å². The van der Waals surface area contributed by atoms with Crippen LogP contribution in [-0.2, 0) is 19.6 Å². The van der Waals surface area contributed by atoms with E-state index >= 15 is 0 Å². The molecule has 10 heteroatoms. The number of hydrazine groups is 1. The van der Waals surface area contributed by atoms with E-state index in [1.807, 2.05) is 0 Å². The number of piperidine rings is 1. The van der Waals surface area contributed by atoms with Gasteiger partial charge in [-0.25, -0.2) is 12.7 Å². The molecule has 2 saturated heterocycles. The average molecular weight is 379 g/mol. The van der Waals surface area contributed by atoms with Gasteiger partial charge in [-0.1, -0.05) is 0 Å². The number of rotatable bonds is 5. The molecule has 0 bridgehead atoms. The van der Waals surface area contributed by atoms with Crippen LogP contribution in [0, 0.1) is 5.92 Å². The van der Waals surface area contributed by atoms with Crippen molar-refractivity contribution in [2.24, 2.45) is 5.92 Å². The number of nitrogens with zero attached hydrogens (tertiary/aromatic N) is 1. The van der Waals surface area contributed by atoms with Gasteiger partial charge in [0.05, 0.1) is 17.8 Å². The molecule has 3 N–H and O–H groups in total. The first kappa shape index (κ1) is 19.4. The van der Waals surface area contributed by atoms with Crippen LogP contribution in [0.4, 0.5) is 0 Å². The van der Waals surface area contributed by atoms with Crippen molar-refractivity contribution in [3.05, 3.63) is 0 Å². The van der Waals surface area contributed by atoms with Crippen LogP contribution in [0.3, 0.4) is 0 Å². The Morgan fingerprint density at radius 3 is 2.75 bits per heavy atom. The fourth-order valence-electron chi connectivity index (χ4n) is 2.87. The molecule has 2 aliphatic rings. The molecule has 0 aromatic heterocycles. The van der Waals surface area contributed by atoms with Gasteiger partial charge < -0.3 is 10.1 Å². The first-order valence-corrected chi connectivity index (χ1v) is 10.4. The lowest BCUT2D eigenvalue weighted by molar-refractivity contribution is -0.126. The van der Waals surface area contributed by atoms with Crippen LogP contribution < -0.4 is 16.2 Å². The molecule has 2 fully saturated rings. The highest BCUT2D eigenvalue weighted by Crippen LogP contribution is 2.19. The summed E-state index contributed by atoms with van der Waals surface area (Å²) in [6.07, 6.45) is 3.57. The monoisotopic (exact) mass is 378 g/mol. The van der Waals surface area contributed by atoms with Crippen molar-refractivity contribution in [3.63, 3.8) is 0 Å². The molecule has 138 valence electrons. The first-order valence-electron chi connectivity index (χ1n) is 8.35. The van der Waals surface area contributed by atoms with Crippen molar-refractivity contribution in [2.45, 2.75) is 38.7 Å². The molecule has 2 heterocycles. The summed E-state index contributed by atoms with van der Waals surface area (Å²) >= 11 is 5.11. The van der Waals surface area contributed by atoms with Gasteiger partial charge in [-0.15, -0.1) is 0 Å². The number of thiocarbonyl (C=S) groups is 1. The molecule has 2 rings (SSSR count). The van der Waals surface area contributed by atoms with Crippen LogP contribution >= 0.6 is 12.2 Å². The number of sulfonamides is 1. The SMILES string of the molecule is CCS(=O)(=O)N1CCC[C@H](C(=O)NNC(=S)NC[C@H]2CCCO2)C1. The Morgan fingerprint density at radius 2 is 2.08 bits per heavy atom. The molecule has 0 saturated carbocycles. The van der Waals surface area contributed by atoms with E-state index in [0.29, 0.717) is 31.0 Å². The Hall–Kier alpha value is -0.970. The smallest absolute Gasteiger partial charge is 0.242 e. The topological polar surface area (TPSA) is 99.8 Å². The normalized spacial score (nSPS) is 25.2. The molecule has 8 nitrogen and oxygen atoms in total. The summed E-state index contributed by atoms with van der Waals surface area (Å²) < 4.78 is 30.7. The zero-order valence-electron chi connectivity index (χ0n) is 13.9. The third-order valence-electron chi connectivity index (χ3n) is 4.33. The van der Waals surface area contributed by atoms with Gasteiger partial charge >= 0.3 is 0 Å². The zero-order chi connectivity index (χ0) is 17.6. The summed E-state index contributed by atoms with van der Waals surface area (Å²) in [5.41, 5.74) is 5.23. The van der Waals surface area contributed by atoms with Gasteiger partial charge in [0, 0.05) is 26.2 Å². The van der Waals surface area contributed by atoms with E-state index in [1.54, 1.807) is 6.92 Å². The van der Waals surface area contributed by atoms with Crippen LogP contribution in [0.1, 0.15) is 32.6 Å². The molecule has 0 spiro atoms. The van der Waals surface area contributed by atoms with E-state index < -0.39 is 10.0 Å². The predicted octanol–water partition coefficient (Wildman–Crippen LogP) is -0.278. The van der Waals surface area contributed by atoms with Crippen molar-refractivity contribution in [1.29, 1.82) is 0 Å². The van der Waals surface area contributed by atoms with Gasteiger partial charge in [0.2, 0.25) is 15.9 Å². The summed E-state index contributed by atoms with van der Waals surface area (Å²) in [5, 5.41) is 3.33. The van der Waals surface area contributed by atoms with E-state index in [2.05, 4.69) is 16.2 Å². The average Bonchev–Trinajstić information content (AvgIpc) is 3.11. The van der Waals surface area contributed by atoms with E-state index in [9.17, 15) is 13.2 Å². The van der Waals surface area contributed by atoms with Gasteiger partial charge in [0.15, 0.2) is 5.11 Å². The molecular formula is C14H26N4O4S2. The third-order valence-corrected chi connectivity index (χ3v) is 6.42. The number of carbonyl (C=O) groups is 1. The number of hydrogen-bond donors (Lipinski definition) is 3. The van der Waals surface area contributed by atoms with Gasteiger partial charge in [-0.3, -0.25) is 15.6 Å². The lowest BCUT2D eigenvalue weighted by Gasteiger charge is -2.31. The van der Waals surface area contributed by atoms with Gasteiger partial charge in [0.1, 0.15) is 0 Å². The van der Waals surface area contributed by atoms with Crippen molar-refractivity contribution < 1.29 is 17.9 Å². The lowest BCUT2D eigenvalue weighted by atomic mass is 9.99. The van der Waals surface area contributed by atoms with E-state index in [0.717, 1.165) is 19.4 Å². The molecule has 0 unspecified atom stereocenters. The Kier molecular flexibility index (Phi) is 7.20. The summed E-state index contributed by atoms with van der Waals surface area (Å²) in [6.45, 7) is 3.70. The Morgan fingerprint density at radius 1 is 1.29 bits per heavy atom. The predicted molar refractivity (Wildman–Crippen MR) is 94.6 cm³/mol. The standard InChI is InChI=1S/C14H26N4O4S2/c1-2-24(20,21)18-7-3-5-11(10-18)13(19)16-17-14(23)15-9-12-6-4-8-22-12/h11-12H,2-10H2,1H3,(H,16,19)(H2,15,17,23)/t11-,12+/m0/s1. The van der Waals surface area contributed by atoms with Crippen LogP contribution in [-0.4, -0.2) is 61.8 Å². The van der Waals surface area contributed by atoms with E-state index in [-0.39, 0.29) is 30.2 Å². The third kappa shape index (κ3) is 5.54. The number of carbonyl (C=O) groups excluding carboxylic acids is 1. The fraction of sp³-hybridized carbons (Fsp3) is 0.857. The summed E-state index contributed by atoms with van der Waals surface area (Å²) in [7, 11) is -3.26. The molecule has 1 amide bonds. The van der Waals surface area contributed by atoms with Gasteiger partial charge in [-0.2, -0.15) is 0 Å². The second kappa shape index (κ2) is 8.93. The molecular weight excluding hydrogens is 352 g/mol. The highest BCUT2D eigenvalue weighted by atomic mass is 32.2. The molecule has 0 aliphatic carbocycles. The number of amides is 1. The van der Waals surface area contributed by atoms with Crippen LogP contribution in [0.25, 0.3) is 0 Å². The van der Waals surface area contributed by atoms with Crippen molar-refractivity contribution in [2.75, 3.05) is 32.0 Å². The zero-order valence-corrected chi connectivity index (χ0v) is 15.5.